The van der Waals surface area contributed by atoms with Gasteiger partial charge in [0.2, 0.25) is 5.60 Å². The van der Waals surface area contributed by atoms with Gasteiger partial charge < -0.3 is 43.4 Å². The summed E-state index contributed by atoms with van der Waals surface area (Å²) in [4.78, 5) is 108. The number of rotatable bonds is 19. The van der Waals surface area contributed by atoms with Crippen LogP contribution in [0.2, 0.25) is 0 Å². The van der Waals surface area contributed by atoms with Gasteiger partial charge in [-0.3, -0.25) is 33.3 Å². The maximum atomic E-state index is 15.4. The lowest BCUT2D eigenvalue weighted by molar-refractivity contribution is -0.392. The molecule has 20 nitrogen and oxygen atoms in total. The second kappa shape index (κ2) is 22.6. The molecule has 0 aromatic rings. The Balaban J connectivity index is 1.88. The van der Waals surface area contributed by atoms with Gasteiger partial charge in [-0.25, -0.2) is 9.59 Å². The van der Waals surface area contributed by atoms with Gasteiger partial charge in [-0.15, -0.1) is 0 Å². The maximum absolute atomic E-state index is 15.4. The molecule has 1 heterocycles. The van der Waals surface area contributed by atoms with E-state index in [1.807, 2.05) is 0 Å². The van der Waals surface area contributed by atoms with Crippen molar-refractivity contribution in [2.45, 2.75) is 187 Å². The normalized spacial score (nSPS) is 28.1. The zero-order valence-corrected chi connectivity index (χ0v) is 47.3. The summed E-state index contributed by atoms with van der Waals surface area (Å²) >= 11 is 0. The highest BCUT2D eigenvalue weighted by molar-refractivity contribution is 7.86. The molecule has 0 aromatic heterocycles. The molecule has 0 amide bonds. The zero-order valence-electron chi connectivity index (χ0n) is 46.5. The number of carbonyl (C=O) groups is 8. The number of hydrogen-bond donors (Lipinski definition) is 3. The van der Waals surface area contributed by atoms with Crippen molar-refractivity contribution < 1.29 is 143 Å². The molecule has 470 valence electrons. The summed E-state index contributed by atoms with van der Waals surface area (Å²) in [7, 11) is -6.12. The number of carboxylic acids is 2. The van der Waals surface area contributed by atoms with Gasteiger partial charge in [-0.2, -0.15) is 56.7 Å². The van der Waals surface area contributed by atoms with Gasteiger partial charge in [0.1, 0.15) is 17.3 Å². The molecule has 32 heteroatoms. The van der Waals surface area contributed by atoms with E-state index in [2.05, 4.69) is 14.2 Å². The maximum Gasteiger partial charge on any atom is 0.510 e. The van der Waals surface area contributed by atoms with Crippen LogP contribution in [0.4, 0.5) is 57.9 Å². The van der Waals surface area contributed by atoms with Gasteiger partial charge >= 0.3 is 87.6 Å². The number of ether oxygens (including phenoxy) is 7. The molecule has 13 unspecified atom stereocenters. The summed E-state index contributed by atoms with van der Waals surface area (Å²) in [6, 6.07) is 0. The zero-order chi connectivity index (χ0) is 63.7. The van der Waals surface area contributed by atoms with Crippen LogP contribution in [0.3, 0.4) is 0 Å². The number of hydrogen-bond acceptors (Lipinski definition) is 17. The third-order valence-corrected chi connectivity index (χ3v) is 17.2. The van der Waals surface area contributed by atoms with E-state index in [1.54, 1.807) is 0 Å². The number of carboxylic acid groups (broad SMARTS) is 2. The molecule has 13 atom stereocenters. The lowest BCUT2D eigenvalue weighted by Gasteiger charge is -2.49. The Kier molecular flexibility index (Phi) is 19.1. The van der Waals surface area contributed by atoms with Crippen molar-refractivity contribution in [3.05, 3.63) is 0 Å². The molecule has 0 aromatic carbocycles. The lowest BCUT2D eigenvalue weighted by atomic mass is 9.57. The highest BCUT2D eigenvalue weighted by atomic mass is 32.2. The number of halogens is 11. The van der Waals surface area contributed by atoms with Crippen LogP contribution >= 0.6 is 0 Å². The third kappa shape index (κ3) is 13.9. The van der Waals surface area contributed by atoms with Crippen molar-refractivity contribution in [2.24, 2.45) is 69.5 Å². The van der Waals surface area contributed by atoms with E-state index >= 15 is 39.5 Å². The van der Waals surface area contributed by atoms with Crippen molar-refractivity contribution in [3.8, 4) is 0 Å². The van der Waals surface area contributed by atoms with Crippen LogP contribution in [0.15, 0.2) is 0 Å². The topological polar surface area (TPSA) is 296 Å². The summed E-state index contributed by atoms with van der Waals surface area (Å²) in [5.41, 5.74) is -20.2. The Morgan fingerprint density at radius 2 is 1.15 bits per heavy atom. The summed E-state index contributed by atoms with van der Waals surface area (Å²) in [6.45, 7) is 9.61. The van der Waals surface area contributed by atoms with E-state index in [-0.39, 0.29) is 19.8 Å². The Hall–Kier alpha value is -5.30. The van der Waals surface area contributed by atoms with Crippen LogP contribution in [0.5, 0.6) is 0 Å². The highest BCUT2D eigenvalue weighted by Crippen LogP contribution is 2.65. The molecule has 3 N–H and O–H groups in total. The average Bonchev–Trinajstić information content (AvgIpc) is 3.94. The second-order valence-electron chi connectivity index (χ2n) is 25.0. The highest BCUT2D eigenvalue weighted by Gasteiger charge is 2.79. The molecule has 4 aliphatic rings. The largest absolute Gasteiger partial charge is 0.510 e. The lowest BCUT2D eigenvalue weighted by Crippen LogP contribution is -2.67. The quantitative estimate of drug-likeness (QED) is 0.0356. The van der Waals surface area contributed by atoms with E-state index in [4.69, 9.17) is 23.5 Å². The average molecular weight is 1230 g/mol. The van der Waals surface area contributed by atoms with Crippen molar-refractivity contribution in [1.29, 1.82) is 0 Å². The molecule has 1 saturated heterocycles. The Bertz CT molecular complexity index is 2590. The SMILES string of the molecule is CCC(C)(C(=O)OC1CC(C(C)(OC(=O)OC(C)(C)C)C(F)(F)F)CC(C(OC(=O)OC(C)(C)C)(C(F)(F)F)C(F)(F)F)C1)C1C(=O)OC(=O)C1C1C2CC(C(=O)O)C(C2)C1CC(C)(CC(C)(C)C(=O)OCC(F)(F)S(=O)(=O)O)C(=O)O. The van der Waals surface area contributed by atoms with Crippen molar-refractivity contribution in [2.75, 3.05) is 6.61 Å². The molecule has 0 radical (unpaired) electrons. The van der Waals surface area contributed by atoms with Crippen LogP contribution in [-0.2, 0) is 72.0 Å². The van der Waals surface area contributed by atoms with Crippen LogP contribution in [0, 0.1) is 69.5 Å². The van der Waals surface area contributed by atoms with Crippen molar-refractivity contribution in [3.63, 3.8) is 0 Å². The minimum absolute atomic E-state index is 0.0962. The summed E-state index contributed by atoms with van der Waals surface area (Å²) < 4.78 is 232. The molecular formula is C50H67F11O20S. The monoisotopic (exact) mass is 1230 g/mol. The molecule has 82 heavy (non-hydrogen) atoms. The minimum Gasteiger partial charge on any atom is -0.481 e. The Morgan fingerprint density at radius 1 is 0.646 bits per heavy atom. The van der Waals surface area contributed by atoms with Gasteiger partial charge in [-0.05, 0) is 151 Å². The van der Waals surface area contributed by atoms with Gasteiger partial charge in [0.05, 0.1) is 34.0 Å². The number of cyclic esters (lactones) is 2. The van der Waals surface area contributed by atoms with Crippen LogP contribution in [0.1, 0.15) is 134 Å². The van der Waals surface area contributed by atoms with Crippen molar-refractivity contribution >= 4 is 58.2 Å². The molecule has 4 fully saturated rings. The number of alkyl halides is 11. The molecule has 4 rings (SSSR count). The Morgan fingerprint density at radius 3 is 1.59 bits per heavy atom. The number of carbonyl (C=O) groups excluding carboxylic acids is 6. The number of esters is 4. The van der Waals surface area contributed by atoms with Crippen molar-refractivity contribution in [1.82, 2.24) is 0 Å². The van der Waals surface area contributed by atoms with Crippen LogP contribution in [-0.4, -0.2) is 130 Å². The summed E-state index contributed by atoms with van der Waals surface area (Å²) in [5.74, 6) is -25.5. The molecular weight excluding hydrogens is 1160 g/mol. The molecule has 2 bridgehead atoms. The minimum atomic E-state index is -6.76. The molecule has 3 aliphatic carbocycles. The van der Waals surface area contributed by atoms with Gasteiger partial charge in [0.25, 0.3) is 0 Å². The molecule has 0 spiro atoms. The fourth-order valence-corrected chi connectivity index (χ4v) is 12.6. The molecule has 1 aliphatic heterocycles. The van der Waals surface area contributed by atoms with Gasteiger partial charge in [0, 0.05) is 11.8 Å². The van der Waals surface area contributed by atoms with E-state index in [0.717, 1.165) is 48.5 Å². The van der Waals surface area contributed by atoms with Crippen LogP contribution in [0.25, 0.3) is 0 Å². The van der Waals surface area contributed by atoms with E-state index < -0.39 is 225 Å². The number of fused-ring (bicyclic) bond motifs is 2. The standard InChI is InChI=1S/C50H67F11O20S/c1-13-44(11,31-30(33(64)77-34(31)65)29-22-14-26(27(15-22)32(62)63)28(29)19-43(10,35(66)67)20-42(8,9)36(68)75-21-46(51,52)82(72,73)74)37(69)76-25-17-23(45(12,48(53,54)55)80-38(70)78-40(2,3)4)16-24(18-25)47(49(56,57)58,50(59,60)61)81-39(71)79-41(5,6)7/h22-31H,13-21H2,1-12H3,(H,62,63)(H,66,67)(H,72,73,74). The first kappa shape index (κ1) is 69.2. The first-order valence-corrected chi connectivity index (χ1v) is 27.0. The van der Waals surface area contributed by atoms with Crippen LogP contribution < -0.4 is 0 Å². The van der Waals surface area contributed by atoms with Gasteiger partial charge in [-0.1, -0.05) is 6.92 Å². The Labute approximate surface area is 463 Å². The predicted octanol–water partition coefficient (Wildman–Crippen LogP) is 10.0. The first-order valence-electron chi connectivity index (χ1n) is 25.6. The van der Waals surface area contributed by atoms with E-state index in [9.17, 15) is 65.8 Å². The fourth-order valence-electron chi connectivity index (χ4n) is 12.4. The number of aliphatic carboxylic acids is 2. The third-order valence-electron chi connectivity index (χ3n) is 16.3. The van der Waals surface area contributed by atoms with E-state index in [0.29, 0.717) is 0 Å². The van der Waals surface area contributed by atoms with Gasteiger partial charge in [0.15, 0.2) is 6.61 Å². The fraction of sp³-hybridized carbons (Fsp3) is 0.840. The predicted molar refractivity (Wildman–Crippen MR) is 252 cm³/mol. The smallest absolute Gasteiger partial charge is 0.481 e. The second-order valence-corrected chi connectivity index (χ2v) is 26.6. The summed E-state index contributed by atoms with van der Waals surface area (Å²) in [6.07, 6.45) is -34.2. The molecule has 3 saturated carbocycles. The first-order chi connectivity index (χ1) is 36.6. The van der Waals surface area contributed by atoms with E-state index in [1.165, 1.54) is 27.7 Å². The summed E-state index contributed by atoms with van der Waals surface area (Å²) in [5, 5.41) is 16.0.